The molecule has 4 rings (SSSR count). The maximum absolute atomic E-state index is 12.2. The number of Topliss-reactive ketones (excluding diaryl/α,β-unsaturated/α-hetero) is 1. The topological polar surface area (TPSA) is 229 Å². The number of nitrogens with one attached hydrogen (secondary N) is 2. The van der Waals surface area contributed by atoms with E-state index in [0.717, 1.165) is 33.8 Å². The van der Waals surface area contributed by atoms with Crippen LogP contribution in [0.25, 0.3) is 0 Å². The van der Waals surface area contributed by atoms with E-state index in [4.69, 9.17) is 24.9 Å². The van der Waals surface area contributed by atoms with Gasteiger partial charge in [0.2, 0.25) is 5.71 Å². The molecular formula is C38H48N6O11S2. The highest BCUT2D eigenvalue weighted by atomic mass is 32.1. The number of hydrogen-bond donors (Lipinski definition) is 3. The van der Waals surface area contributed by atoms with Crippen molar-refractivity contribution in [3.63, 3.8) is 0 Å². The number of ether oxygens (including phenoxy) is 4. The summed E-state index contributed by atoms with van der Waals surface area (Å²) in [6, 6.07) is 19.2. The van der Waals surface area contributed by atoms with Gasteiger partial charge in [-0.2, -0.15) is 0 Å². The Morgan fingerprint density at radius 3 is 1.56 bits per heavy atom. The lowest BCUT2D eigenvalue weighted by molar-refractivity contribution is -0.137. The molecule has 2 amide bonds. The van der Waals surface area contributed by atoms with Crippen molar-refractivity contribution in [1.29, 1.82) is 0 Å². The second kappa shape index (κ2) is 24.0. The van der Waals surface area contributed by atoms with Gasteiger partial charge in [0.15, 0.2) is 10.3 Å². The first kappa shape index (κ1) is 47.4. The molecule has 4 N–H and O–H groups in total. The molecule has 0 unspecified atom stereocenters. The lowest BCUT2D eigenvalue weighted by atomic mass is 10.2. The number of benzene rings is 2. The van der Waals surface area contributed by atoms with Crippen LogP contribution in [0.1, 0.15) is 82.7 Å². The van der Waals surface area contributed by atoms with E-state index in [-0.39, 0.29) is 47.2 Å². The zero-order valence-corrected chi connectivity index (χ0v) is 34.6. The monoisotopic (exact) mass is 828 g/mol. The molecule has 0 spiro atoms. The molecule has 4 aromatic rings. The number of esters is 2. The zero-order valence-electron chi connectivity index (χ0n) is 33.0. The number of rotatable bonds is 13. The number of nitrogens with two attached hydrogens (primary N) is 1. The summed E-state index contributed by atoms with van der Waals surface area (Å²) in [5.74, 6) is 2.38. The molecule has 0 aliphatic rings. The van der Waals surface area contributed by atoms with Gasteiger partial charge >= 0.3 is 24.1 Å². The smallest absolute Gasteiger partial charge is 0.413 e. The van der Waals surface area contributed by atoms with Crippen LogP contribution in [0.2, 0.25) is 0 Å². The molecule has 2 aromatic heterocycles. The summed E-state index contributed by atoms with van der Waals surface area (Å²) in [7, 11) is 0. The van der Waals surface area contributed by atoms with Crippen molar-refractivity contribution in [3.8, 4) is 0 Å². The van der Waals surface area contributed by atoms with Gasteiger partial charge in [0.25, 0.3) is 5.78 Å². The van der Waals surface area contributed by atoms with Crippen LogP contribution in [0.5, 0.6) is 0 Å². The number of nitrogens with zero attached hydrogens (tertiary/aromatic N) is 3. The standard InChI is InChI=1S/C19H23N3O5S.C12H16N2O5S.C7H9NO/c1-5-25-16(23)15(22-26-11-13-9-7-6-8-10-13)14-12-28-17(20-14)21-18(24)27-19(2,3)4;1-5-18-9(16)8(15)7-6-20-10(13-7)14-11(17)19-12(2,3)4;8-9-6-7-4-2-1-3-5-7/h6-10,12H,5,11H2,1-4H3,(H,20,21,24);6H,5H2,1-4H3,(H,13,14,17);1-5H,6,8H2. The molecule has 0 aliphatic carbocycles. The highest BCUT2D eigenvalue weighted by molar-refractivity contribution is 7.14. The molecule has 57 heavy (non-hydrogen) atoms. The highest BCUT2D eigenvalue weighted by Gasteiger charge is 2.24. The molecule has 0 aliphatic heterocycles. The Balaban J connectivity index is 0.000000334. The zero-order chi connectivity index (χ0) is 42.4. The maximum atomic E-state index is 12.2. The Morgan fingerprint density at radius 2 is 1.11 bits per heavy atom. The second-order valence-corrected chi connectivity index (χ2v) is 14.8. The predicted octanol–water partition coefficient (Wildman–Crippen LogP) is 7.29. The lowest BCUT2D eigenvalue weighted by Crippen LogP contribution is -2.27. The first-order chi connectivity index (χ1) is 26.9. The van der Waals surface area contributed by atoms with Gasteiger partial charge in [0, 0.05) is 10.8 Å². The largest absolute Gasteiger partial charge is 0.461 e. The predicted molar refractivity (Wildman–Crippen MR) is 215 cm³/mol. The molecule has 0 saturated heterocycles. The van der Waals surface area contributed by atoms with Crippen LogP contribution in [0.4, 0.5) is 19.9 Å². The summed E-state index contributed by atoms with van der Waals surface area (Å²) in [5, 5.41) is 12.2. The molecule has 0 atom stereocenters. The van der Waals surface area contributed by atoms with Gasteiger partial charge in [0.1, 0.15) is 29.2 Å². The van der Waals surface area contributed by atoms with Gasteiger partial charge in [-0.3, -0.25) is 20.3 Å². The Bertz CT molecular complexity index is 1900. The quantitative estimate of drug-likeness (QED) is 0.0300. The minimum atomic E-state index is -0.971. The second-order valence-electron chi connectivity index (χ2n) is 13.1. The molecule has 0 saturated carbocycles. The third kappa shape index (κ3) is 19.6. The lowest BCUT2D eigenvalue weighted by Gasteiger charge is -2.18. The maximum Gasteiger partial charge on any atom is 0.413 e. The number of ketones is 1. The van der Waals surface area contributed by atoms with E-state index >= 15 is 0 Å². The van der Waals surface area contributed by atoms with E-state index in [1.54, 1.807) is 60.8 Å². The molecule has 2 heterocycles. The van der Waals surface area contributed by atoms with Crippen LogP contribution in [0, 0.1) is 0 Å². The van der Waals surface area contributed by atoms with Gasteiger partial charge in [-0.1, -0.05) is 65.8 Å². The van der Waals surface area contributed by atoms with E-state index in [2.05, 4.69) is 35.3 Å². The van der Waals surface area contributed by atoms with Crippen LogP contribution in [-0.2, 0) is 51.4 Å². The molecule has 19 heteroatoms. The third-order valence-electron chi connectivity index (χ3n) is 5.95. The Labute approximate surface area is 338 Å². The van der Waals surface area contributed by atoms with Crippen LogP contribution in [-0.4, -0.2) is 70.0 Å². The van der Waals surface area contributed by atoms with Crippen LogP contribution in [0.3, 0.4) is 0 Å². The van der Waals surface area contributed by atoms with E-state index in [1.165, 1.54) is 5.38 Å². The highest BCUT2D eigenvalue weighted by Crippen LogP contribution is 2.20. The van der Waals surface area contributed by atoms with Crippen molar-refractivity contribution in [3.05, 3.63) is 93.9 Å². The number of anilines is 2. The van der Waals surface area contributed by atoms with Gasteiger partial charge < -0.3 is 23.8 Å². The van der Waals surface area contributed by atoms with Crippen molar-refractivity contribution >= 4 is 68.6 Å². The van der Waals surface area contributed by atoms with E-state index in [0.29, 0.717) is 6.61 Å². The summed E-state index contributed by atoms with van der Waals surface area (Å²) in [5.41, 5.74) is 0.825. The van der Waals surface area contributed by atoms with E-state index in [9.17, 15) is 24.0 Å². The summed E-state index contributed by atoms with van der Waals surface area (Å²) in [4.78, 5) is 76.2. The van der Waals surface area contributed by atoms with Crippen molar-refractivity contribution in [2.45, 2.75) is 79.8 Å². The van der Waals surface area contributed by atoms with E-state index in [1.807, 2.05) is 60.7 Å². The fourth-order valence-corrected chi connectivity index (χ4v) is 5.12. The normalized spacial score (nSPS) is 11.0. The minimum Gasteiger partial charge on any atom is -0.461 e. The molecule has 17 nitrogen and oxygen atoms in total. The number of carbonyl (C=O) groups is 5. The molecule has 0 fully saturated rings. The Hall–Kier alpha value is -5.76. The van der Waals surface area contributed by atoms with Gasteiger partial charge in [-0.15, -0.1) is 22.7 Å². The first-order valence-corrected chi connectivity index (χ1v) is 19.1. The SMILES string of the molecule is CCOC(=O)C(=NOCc1ccccc1)c1csc(NC(=O)OC(C)(C)C)n1.CCOC(=O)C(=O)c1csc(NC(=O)OC(C)(C)C)n1.NOCc1ccccc1. The van der Waals surface area contributed by atoms with Gasteiger partial charge in [-0.05, 0) is 66.5 Å². The summed E-state index contributed by atoms with van der Waals surface area (Å²) >= 11 is 2.15. The third-order valence-corrected chi connectivity index (χ3v) is 7.47. The average Bonchev–Trinajstić information content (AvgIpc) is 3.79. The van der Waals surface area contributed by atoms with Crippen LogP contribution >= 0.6 is 22.7 Å². The van der Waals surface area contributed by atoms with Gasteiger partial charge in [-0.25, -0.2) is 35.0 Å². The van der Waals surface area contributed by atoms with Crippen molar-refractivity contribution < 1.29 is 52.6 Å². The molecule has 308 valence electrons. The molecule has 0 bridgehead atoms. The number of thiazole rings is 2. The number of amides is 2. The number of oxime groups is 1. The Kier molecular flexibility index (Phi) is 20.0. The summed E-state index contributed by atoms with van der Waals surface area (Å²) in [6.07, 6.45) is -1.31. The minimum absolute atomic E-state index is 0.0699. The fourth-order valence-electron chi connectivity index (χ4n) is 3.76. The molecular weight excluding hydrogens is 781 g/mol. The average molecular weight is 829 g/mol. The van der Waals surface area contributed by atoms with E-state index < -0.39 is 41.1 Å². The Morgan fingerprint density at radius 1 is 0.667 bits per heavy atom. The summed E-state index contributed by atoms with van der Waals surface area (Å²) < 4.78 is 19.8. The fraction of sp³-hybridized carbons (Fsp3) is 0.368. The van der Waals surface area contributed by atoms with Crippen molar-refractivity contribution in [2.24, 2.45) is 11.1 Å². The molecule has 0 radical (unpaired) electrons. The number of hydrogen-bond acceptors (Lipinski definition) is 17. The van der Waals surface area contributed by atoms with Crippen LogP contribution < -0.4 is 16.5 Å². The first-order valence-electron chi connectivity index (χ1n) is 17.3. The van der Waals surface area contributed by atoms with Crippen molar-refractivity contribution in [1.82, 2.24) is 9.97 Å². The number of carbonyl (C=O) groups excluding carboxylic acids is 5. The summed E-state index contributed by atoms with van der Waals surface area (Å²) in [6.45, 7) is 14.7. The molecule has 2 aromatic carbocycles. The van der Waals surface area contributed by atoms with Crippen molar-refractivity contribution in [2.75, 3.05) is 23.8 Å². The van der Waals surface area contributed by atoms with Gasteiger partial charge in [0.05, 0.1) is 19.8 Å². The number of aromatic nitrogens is 2. The van der Waals surface area contributed by atoms with Crippen LogP contribution in [0.15, 0.2) is 76.6 Å².